The third-order valence-electron chi connectivity index (χ3n) is 3.38. The molecule has 15 heavy (non-hydrogen) atoms. The van der Waals surface area contributed by atoms with Crippen molar-refractivity contribution in [1.29, 1.82) is 0 Å². The van der Waals surface area contributed by atoms with Gasteiger partial charge in [-0.1, -0.05) is 12.5 Å². The summed E-state index contributed by atoms with van der Waals surface area (Å²) in [6.45, 7) is 0. The van der Waals surface area contributed by atoms with Crippen molar-refractivity contribution in [3.05, 3.63) is 35.2 Å². The molecule has 3 rings (SSSR count). The minimum atomic E-state index is -0.124. The largest absolute Gasteiger partial charge is 0.392 e. The number of benzene rings is 1. The lowest BCUT2D eigenvalue weighted by Gasteiger charge is -2.14. The first-order valence-corrected chi connectivity index (χ1v) is 6.38. The molecule has 0 radical (unpaired) electrons. The third-order valence-corrected chi connectivity index (χ3v) is 4.28. The van der Waals surface area contributed by atoms with Gasteiger partial charge in [-0.3, -0.25) is 0 Å². The lowest BCUT2D eigenvalue weighted by molar-refractivity contribution is 0.164. The maximum Gasteiger partial charge on any atom is 0.0608 e. The number of fused-ring (bicyclic) bond motifs is 1. The van der Waals surface area contributed by atoms with Crippen LogP contribution in [-0.2, 0) is 0 Å². The fourth-order valence-corrected chi connectivity index (χ4v) is 3.32. The summed E-state index contributed by atoms with van der Waals surface area (Å²) >= 11 is 1.78. The zero-order valence-corrected chi connectivity index (χ0v) is 9.33. The van der Waals surface area contributed by atoms with Crippen LogP contribution < -0.4 is 0 Å². The van der Waals surface area contributed by atoms with Gasteiger partial charge in [0.15, 0.2) is 0 Å². The van der Waals surface area contributed by atoms with Crippen LogP contribution in [0, 0.1) is 0 Å². The van der Waals surface area contributed by atoms with Gasteiger partial charge in [-0.05, 0) is 47.4 Å². The zero-order chi connectivity index (χ0) is 10.3. The molecule has 1 nitrogen and oxygen atoms in total. The van der Waals surface area contributed by atoms with Gasteiger partial charge in [0, 0.05) is 10.6 Å². The molecule has 1 aromatic carbocycles. The van der Waals surface area contributed by atoms with Crippen molar-refractivity contribution in [2.45, 2.75) is 31.3 Å². The number of aliphatic hydroxyl groups excluding tert-OH is 1. The lowest BCUT2D eigenvalue weighted by atomic mass is 9.95. The molecule has 0 aliphatic heterocycles. The average Bonchev–Trinajstić information content (AvgIpc) is 2.84. The Hall–Kier alpha value is -0.860. The Labute approximate surface area is 93.4 Å². The van der Waals surface area contributed by atoms with E-state index in [2.05, 4.69) is 29.6 Å². The van der Waals surface area contributed by atoms with Crippen LogP contribution in [0.5, 0.6) is 0 Å². The summed E-state index contributed by atoms with van der Waals surface area (Å²) in [6.07, 6.45) is 3.14. The first-order valence-electron chi connectivity index (χ1n) is 5.50. The highest BCUT2D eigenvalue weighted by Gasteiger charge is 2.26. The minimum Gasteiger partial charge on any atom is -0.392 e. The highest BCUT2D eigenvalue weighted by molar-refractivity contribution is 7.17. The number of aliphatic hydroxyl groups is 1. The molecule has 2 aromatic rings. The van der Waals surface area contributed by atoms with E-state index in [1.54, 1.807) is 11.3 Å². The van der Waals surface area contributed by atoms with Crippen LogP contribution in [0.15, 0.2) is 29.6 Å². The molecule has 0 saturated heterocycles. The van der Waals surface area contributed by atoms with Gasteiger partial charge in [0.05, 0.1) is 6.10 Å². The predicted octanol–water partition coefficient (Wildman–Crippen LogP) is 3.53. The number of thiophene rings is 1. The van der Waals surface area contributed by atoms with Crippen molar-refractivity contribution in [2.24, 2.45) is 0 Å². The standard InChI is InChI=1S/C13H14OS/c14-12-3-1-2-11(12)9-4-5-13-10(8-9)6-7-15-13/h4-8,11-12,14H,1-3H2/t11-,12-/m0/s1. The fraction of sp³-hybridized carbons (Fsp3) is 0.385. The van der Waals surface area contributed by atoms with Gasteiger partial charge in [-0.25, -0.2) is 0 Å². The van der Waals surface area contributed by atoms with E-state index >= 15 is 0 Å². The Balaban J connectivity index is 2.03. The Kier molecular flexibility index (Phi) is 2.26. The minimum absolute atomic E-state index is 0.124. The number of hydrogen-bond donors (Lipinski definition) is 1. The van der Waals surface area contributed by atoms with Gasteiger partial charge < -0.3 is 5.11 Å². The Morgan fingerprint density at radius 1 is 1.20 bits per heavy atom. The van der Waals surface area contributed by atoms with Crippen LogP contribution in [0.1, 0.15) is 30.7 Å². The highest BCUT2D eigenvalue weighted by Crippen LogP contribution is 2.36. The van der Waals surface area contributed by atoms with Gasteiger partial charge in [0.2, 0.25) is 0 Å². The van der Waals surface area contributed by atoms with Crippen molar-refractivity contribution >= 4 is 21.4 Å². The molecule has 78 valence electrons. The maximum atomic E-state index is 9.87. The normalized spacial score (nSPS) is 26.2. The monoisotopic (exact) mass is 218 g/mol. The quantitative estimate of drug-likeness (QED) is 0.776. The molecule has 1 aliphatic carbocycles. The van der Waals surface area contributed by atoms with Crippen LogP contribution in [0.3, 0.4) is 0 Å². The first kappa shape index (κ1) is 9.37. The van der Waals surface area contributed by atoms with Crippen LogP contribution >= 0.6 is 11.3 Å². The van der Waals surface area contributed by atoms with Crippen molar-refractivity contribution in [1.82, 2.24) is 0 Å². The van der Waals surface area contributed by atoms with Gasteiger partial charge in [0.25, 0.3) is 0 Å². The lowest BCUT2D eigenvalue weighted by Crippen LogP contribution is -2.10. The fourth-order valence-electron chi connectivity index (χ4n) is 2.55. The van der Waals surface area contributed by atoms with Crippen molar-refractivity contribution in [3.63, 3.8) is 0 Å². The molecule has 1 fully saturated rings. The second-order valence-corrected chi connectivity index (χ2v) is 5.27. The van der Waals surface area contributed by atoms with Crippen molar-refractivity contribution in [3.8, 4) is 0 Å². The summed E-state index contributed by atoms with van der Waals surface area (Å²) in [7, 11) is 0. The van der Waals surface area contributed by atoms with E-state index in [-0.39, 0.29) is 6.10 Å². The molecule has 0 unspecified atom stereocenters. The Morgan fingerprint density at radius 2 is 2.13 bits per heavy atom. The second-order valence-electron chi connectivity index (χ2n) is 4.32. The molecule has 0 amide bonds. The molecule has 0 bridgehead atoms. The van der Waals surface area contributed by atoms with E-state index in [0.717, 1.165) is 19.3 Å². The molecule has 0 spiro atoms. The molecule has 1 N–H and O–H groups in total. The molecule has 1 heterocycles. The Morgan fingerprint density at radius 3 is 2.93 bits per heavy atom. The zero-order valence-electron chi connectivity index (χ0n) is 8.52. The molecular weight excluding hydrogens is 204 g/mol. The molecule has 1 aliphatic rings. The van der Waals surface area contributed by atoms with Gasteiger partial charge in [0.1, 0.15) is 0 Å². The third kappa shape index (κ3) is 1.58. The van der Waals surface area contributed by atoms with E-state index in [4.69, 9.17) is 0 Å². The molecular formula is C13H14OS. The van der Waals surface area contributed by atoms with Crippen molar-refractivity contribution in [2.75, 3.05) is 0 Å². The molecule has 1 aromatic heterocycles. The van der Waals surface area contributed by atoms with E-state index in [1.165, 1.54) is 15.6 Å². The summed E-state index contributed by atoms with van der Waals surface area (Å²) in [5.41, 5.74) is 1.31. The van der Waals surface area contributed by atoms with E-state index in [0.29, 0.717) is 5.92 Å². The topological polar surface area (TPSA) is 20.2 Å². The predicted molar refractivity (Wildman–Crippen MR) is 64.4 cm³/mol. The van der Waals surface area contributed by atoms with Crippen LogP contribution in [0.4, 0.5) is 0 Å². The summed E-state index contributed by atoms with van der Waals surface area (Å²) in [6, 6.07) is 8.76. The number of hydrogen-bond acceptors (Lipinski definition) is 2. The first-order chi connectivity index (χ1) is 7.34. The van der Waals surface area contributed by atoms with Crippen LogP contribution in [0.2, 0.25) is 0 Å². The summed E-state index contributed by atoms with van der Waals surface area (Å²) in [5.74, 6) is 0.370. The van der Waals surface area contributed by atoms with E-state index in [9.17, 15) is 5.11 Å². The number of rotatable bonds is 1. The van der Waals surface area contributed by atoms with Gasteiger partial charge in [-0.2, -0.15) is 0 Å². The summed E-state index contributed by atoms with van der Waals surface area (Å²) < 4.78 is 1.34. The van der Waals surface area contributed by atoms with E-state index in [1.807, 2.05) is 0 Å². The van der Waals surface area contributed by atoms with Crippen LogP contribution in [0.25, 0.3) is 10.1 Å². The average molecular weight is 218 g/mol. The molecule has 1 saturated carbocycles. The van der Waals surface area contributed by atoms with Crippen molar-refractivity contribution < 1.29 is 5.11 Å². The molecule has 2 heteroatoms. The summed E-state index contributed by atoms with van der Waals surface area (Å²) in [4.78, 5) is 0. The molecule has 2 atom stereocenters. The van der Waals surface area contributed by atoms with E-state index < -0.39 is 0 Å². The smallest absolute Gasteiger partial charge is 0.0608 e. The highest BCUT2D eigenvalue weighted by atomic mass is 32.1. The SMILES string of the molecule is O[C@H]1CCC[C@H]1c1ccc2sccc2c1. The van der Waals surface area contributed by atoms with Gasteiger partial charge in [-0.15, -0.1) is 11.3 Å². The maximum absolute atomic E-state index is 9.87. The van der Waals surface area contributed by atoms with Crippen LogP contribution in [-0.4, -0.2) is 11.2 Å². The summed E-state index contributed by atoms with van der Waals surface area (Å²) in [5, 5.41) is 13.3. The van der Waals surface area contributed by atoms with Gasteiger partial charge >= 0.3 is 0 Å². The Bertz CT molecular complexity index is 474. The second kappa shape index (κ2) is 3.62.